The molecule has 1 heterocycles. The van der Waals surface area contributed by atoms with Crippen LogP contribution in [0.25, 0.3) is 0 Å². The molecule has 0 aliphatic heterocycles. The molecule has 1 N–H and O–H groups in total. The summed E-state index contributed by atoms with van der Waals surface area (Å²) in [4.78, 5) is 8.01. The second kappa shape index (κ2) is 4.68. The van der Waals surface area contributed by atoms with Crippen LogP contribution in [-0.2, 0) is 11.2 Å². The first-order valence-electron chi connectivity index (χ1n) is 5.08. The van der Waals surface area contributed by atoms with E-state index >= 15 is 0 Å². The van der Waals surface area contributed by atoms with Gasteiger partial charge in [0.05, 0.1) is 6.20 Å². The van der Waals surface area contributed by atoms with E-state index in [-0.39, 0.29) is 5.16 Å². The van der Waals surface area contributed by atoms with Crippen molar-refractivity contribution in [2.24, 2.45) is 0 Å². The average molecular weight is 236 g/mol. The molecule has 16 heavy (non-hydrogen) atoms. The van der Waals surface area contributed by atoms with Crippen molar-refractivity contribution in [2.75, 3.05) is 11.6 Å². The van der Waals surface area contributed by atoms with Crippen molar-refractivity contribution in [1.82, 2.24) is 9.97 Å². The van der Waals surface area contributed by atoms with Gasteiger partial charge in [-0.05, 0) is 19.3 Å². The topological polar surface area (TPSA) is 84.7 Å². The molecule has 0 saturated heterocycles. The summed E-state index contributed by atoms with van der Waals surface area (Å²) in [5.41, 5.74) is 0.404. The second-order valence-electron chi connectivity index (χ2n) is 3.75. The van der Waals surface area contributed by atoms with Crippen LogP contribution in [-0.4, -0.2) is 26.8 Å². The fraction of sp³-hybridized carbons (Fsp3) is 0.500. The van der Waals surface area contributed by atoms with Gasteiger partial charge in [0.15, 0.2) is 5.82 Å². The molecule has 0 amide bonds. The van der Waals surface area contributed by atoms with E-state index in [1.54, 1.807) is 0 Å². The summed E-state index contributed by atoms with van der Waals surface area (Å²) in [5.74, 6) is 0.507. The number of hydrogen-bond donors (Lipinski definition) is 1. The maximum atomic E-state index is 11.2. The van der Waals surface area contributed by atoms with Crippen LogP contribution in [0.2, 0.25) is 0 Å². The van der Waals surface area contributed by atoms with Gasteiger partial charge in [-0.1, -0.05) is 0 Å². The van der Waals surface area contributed by atoms with Gasteiger partial charge < -0.3 is 9.87 Å². The van der Waals surface area contributed by atoms with Gasteiger partial charge in [0.1, 0.15) is 17.9 Å². The Labute approximate surface area is 97.1 Å². The smallest absolute Gasteiger partial charge is 0.344 e. The van der Waals surface area contributed by atoms with E-state index in [1.807, 2.05) is 6.07 Å². The first-order chi connectivity index (χ1) is 7.70. The maximum absolute atomic E-state index is 11.2. The molecule has 1 fully saturated rings. The molecule has 1 unspecified atom stereocenters. The Hall–Kier alpha value is -1.32. The lowest BCUT2D eigenvalue weighted by molar-refractivity contribution is 0.444. The summed E-state index contributed by atoms with van der Waals surface area (Å²) >= 11 is -1.22. The molecule has 1 aromatic heterocycles. The molecule has 1 saturated carbocycles. The van der Waals surface area contributed by atoms with Crippen LogP contribution in [0, 0.1) is 11.3 Å². The third-order valence-corrected chi connectivity index (χ3v) is 3.30. The first-order valence-corrected chi connectivity index (χ1v) is 6.63. The van der Waals surface area contributed by atoms with Crippen LogP contribution in [0.15, 0.2) is 11.4 Å². The largest absolute Gasteiger partial charge is 0.609 e. The van der Waals surface area contributed by atoms with Gasteiger partial charge in [-0.25, -0.2) is 0 Å². The van der Waals surface area contributed by atoms with Crippen LogP contribution < -0.4 is 5.32 Å². The number of nitrogens with one attached hydrogen (secondary N) is 1. The minimum absolute atomic E-state index is 0.265. The standard InChI is InChI=1S/C10H12N4OS/c1-16(15)10-12-6-7(5-11)9(14-10)13-8-3-2-4-8/h6,8H,2-4H2,1H3,(H,12,13,14). The summed E-state index contributed by atoms with van der Waals surface area (Å²) in [5, 5.41) is 12.4. The number of nitrogens with zero attached hydrogens (tertiary/aromatic N) is 3. The molecule has 1 aromatic rings. The van der Waals surface area contributed by atoms with E-state index in [1.165, 1.54) is 18.9 Å². The minimum atomic E-state index is -1.22. The number of aromatic nitrogens is 2. The van der Waals surface area contributed by atoms with Crippen LogP contribution >= 0.6 is 0 Å². The predicted molar refractivity (Wildman–Crippen MR) is 60.3 cm³/mol. The van der Waals surface area contributed by atoms with Gasteiger partial charge >= 0.3 is 5.16 Å². The Morgan fingerprint density at radius 2 is 2.38 bits per heavy atom. The highest BCUT2D eigenvalue weighted by atomic mass is 32.2. The number of hydrogen-bond acceptors (Lipinski definition) is 5. The highest BCUT2D eigenvalue weighted by molar-refractivity contribution is 7.90. The zero-order valence-corrected chi connectivity index (χ0v) is 9.75. The molecular weight excluding hydrogens is 224 g/mol. The zero-order chi connectivity index (χ0) is 11.5. The molecule has 1 atom stereocenters. The summed E-state index contributed by atoms with van der Waals surface area (Å²) in [7, 11) is 0. The quantitative estimate of drug-likeness (QED) is 0.626. The van der Waals surface area contributed by atoms with Gasteiger partial charge in [-0.2, -0.15) is 15.2 Å². The van der Waals surface area contributed by atoms with E-state index in [2.05, 4.69) is 15.3 Å². The van der Waals surface area contributed by atoms with Crippen molar-refractivity contribution < 1.29 is 4.55 Å². The van der Waals surface area contributed by atoms with E-state index in [4.69, 9.17) is 5.26 Å². The Balaban J connectivity index is 2.24. The first kappa shape index (κ1) is 11.2. The normalized spacial score (nSPS) is 17.3. The molecule has 2 rings (SSSR count). The number of anilines is 1. The van der Waals surface area contributed by atoms with Crippen molar-refractivity contribution >= 4 is 17.0 Å². The van der Waals surface area contributed by atoms with E-state index in [9.17, 15) is 4.55 Å². The van der Waals surface area contributed by atoms with Crippen LogP contribution in [0.5, 0.6) is 0 Å². The van der Waals surface area contributed by atoms with Crippen LogP contribution in [0.1, 0.15) is 24.8 Å². The lowest BCUT2D eigenvalue weighted by Crippen LogP contribution is -2.28. The van der Waals surface area contributed by atoms with E-state index in [0.29, 0.717) is 17.4 Å². The average Bonchev–Trinajstić information content (AvgIpc) is 2.23. The van der Waals surface area contributed by atoms with Gasteiger partial charge in [0.25, 0.3) is 0 Å². The Morgan fingerprint density at radius 3 is 2.88 bits per heavy atom. The van der Waals surface area contributed by atoms with E-state index in [0.717, 1.165) is 12.8 Å². The Morgan fingerprint density at radius 1 is 1.62 bits per heavy atom. The summed E-state index contributed by atoms with van der Waals surface area (Å²) in [6.45, 7) is 0. The number of rotatable bonds is 3. The van der Waals surface area contributed by atoms with Crippen molar-refractivity contribution in [1.29, 1.82) is 5.26 Å². The molecule has 0 bridgehead atoms. The molecule has 0 spiro atoms. The lowest BCUT2D eigenvalue weighted by Gasteiger charge is -2.27. The Bertz CT molecular complexity index is 425. The molecule has 1 aliphatic rings. The highest BCUT2D eigenvalue weighted by Crippen LogP contribution is 2.24. The zero-order valence-electron chi connectivity index (χ0n) is 8.93. The molecule has 84 valence electrons. The van der Waals surface area contributed by atoms with Crippen molar-refractivity contribution in [3.05, 3.63) is 11.8 Å². The van der Waals surface area contributed by atoms with Crippen LogP contribution in [0.4, 0.5) is 5.82 Å². The van der Waals surface area contributed by atoms with Gasteiger partial charge in [-0.3, -0.25) is 0 Å². The third-order valence-electron chi connectivity index (χ3n) is 2.59. The monoisotopic (exact) mass is 236 g/mol. The highest BCUT2D eigenvalue weighted by Gasteiger charge is 2.20. The summed E-state index contributed by atoms with van der Waals surface area (Å²) in [6, 6.07) is 2.42. The SMILES string of the molecule is C[S+]([O-])c1ncc(C#N)c(NC2CCC2)n1. The van der Waals surface area contributed by atoms with Crippen molar-refractivity contribution in [2.45, 2.75) is 30.5 Å². The minimum Gasteiger partial charge on any atom is -0.609 e. The maximum Gasteiger partial charge on any atom is 0.344 e. The molecule has 1 aliphatic carbocycles. The second-order valence-corrected chi connectivity index (χ2v) is 5.03. The fourth-order valence-electron chi connectivity index (χ4n) is 1.44. The molecule has 5 nitrogen and oxygen atoms in total. The molecule has 0 aromatic carbocycles. The van der Waals surface area contributed by atoms with Gasteiger partial charge in [-0.15, -0.1) is 0 Å². The van der Waals surface area contributed by atoms with Crippen molar-refractivity contribution in [3.63, 3.8) is 0 Å². The molecule has 0 radical (unpaired) electrons. The number of nitriles is 1. The van der Waals surface area contributed by atoms with Crippen LogP contribution in [0.3, 0.4) is 0 Å². The van der Waals surface area contributed by atoms with E-state index < -0.39 is 11.2 Å². The Kier molecular flexibility index (Phi) is 3.27. The molecular formula is C10H12N4OS. The van der Waals surface area contributed by atoms with Gasteiger partial charge in [0, 0.05) is 17.2 Å². The summed E-state index contributed by atoms with van der Waals surface area (Å²) in [6.07, 6.45) is 6.34. The fourth-order valence-corrected chi connectivity index (χ4v) is 1.86. The molecule has 6 heteroatoms. The third kappa shape index (κ3) is 2.26. The van der Waals surface area contributed by atoms with Gasteiger partial charge in [0.2, 0.25) is 0 Å². The predicted octanol–water partition coefficient (Wildman–Crippen LogP) is 1.05. The lowest BCUT2D eigenvalue weighted by atomic mass is 9.93. The summed E-state index contributed by atoms with van der Waals surface area (Å²) < 4.78 is 11.2. The van der Waals surface area contributed by atoms with Crippen molar-refractivity contribution in [3.8, 4) is 6.07 Å².